The Morgan fingerprint density at radius 2 is 1.90 bits per heavy atom. The molecule has 0 spiro atoms. The minimum Gasteiger partial charge on any atom is -0.310 e. The van der Waals surface area contributed by atoms with Gasteiger partial charge in [0, 0.05) is 17.8 Å². The van der Waals surface area contributed by atoms with E-state index in [-0.39, 0.29) is 0 Å². The molecule has 0 amide bonds. The molecule has 0 saturated carbocycles. The van der Waals surface area contributed by atoms with Crippen LogP contribution in [0.3, 0.4) is 0 Å². The van der Waals surface area contributed by atoms with Gasteiger partial charge in [-0.3, -0.25) is 0 Å². The van der Waals surface area contributed by atoms with Crippen LogP contribution in [0.4, 0.5) is 0 Å². The van der Waals surface area contributed by atoms with E-state index in [0.29, 0.717) is 11.5 Å². The summed E-state index contributed by atoms with van der Waals surface area (Å²) in [6.45, 7) is 10.0. The Balaban J connectivity index is 2.12. The summed E-state index contributed by atoms with van der Waals surface area (Å²) in [6, 6.07) is 10.6. The highest BCUT2D eigenvalue weighted by Gasteiger charge is 2.17. The maximum Gasteiger partial charge on any atom is 0.0645 e. The Morgan fingerprint density at radius 3 is 2.52 bits per heavy atom. The third-order valence-corrected chi connectivity index (χ3v) is 3.66. The van der Waals surface area contributed by atoms with Gasteiger partial charge >= 0.3 is 0 Å². The Kier molecular flexibility index (Phi) is 5.18. The minimum absolute atomic E-state index is 0.364. The topological polar surface area (TPSA) is 29.9 Å². The number of benzene rings is 1. The Hall–Kier alpha value is -1.61. The summed E-state index contributed by atoms with van der Waals surface area (Å²) < 4.78 is 1.96. The van der Waals surface area contributed by atoms with E-state index in [1.165, 1.54) is 12.0 Å². The monoisotopic (exact) mass is 285 g/mol. The zero-order chi connectivity index (χ0) is 15.3. The maximum absolute atomic E-state index is 4.51. The van der Waals surface area contributed by atoms with Crippen LogP contribution >= 0.6 is 0 Å². The van der Waals surface area contributed by atoms with Crippen molar-refractivity contribution in [2.45, 2.75) is 46.6 Å². The van der Waals surface area contributed by atoms with Crippen molar-refractivity contribution in [3.05, 3.63) is 48.3 Å². The quantitative estimate of drug-likeness (QED) is 0.855. The van der Waals surface area contributed by atoms with Gasteiger partial charge in [0.05, 0.1) is 11.9 Å². The van der Waals surface area contributed by atoms with Crippen molar-refractivity contribution in [2.24, 2.45) is 5.41 Å². The fourth-order valence-corrected chi connectivity index (χ4v) is 2.45. The van der Waals surface area contributed by atoms with E-state index in [9.17, 15) is 0 Å². The van der Waals surface area contributed by atoms with Crippen LogP contribution in [-0.4, -0.2) is 16.3 Å². The van der Waals surface area contributed by atoms with Crippen molar-refractivity contribution in [3.8, 4) is 5.69 Å². The van der Waals surface area contributed by atoms with Crippen LogP contribution in [0.15, 0.2) is 42.7 Å². The third kappa shape index (κ3) is 4.71. The maximum atomic E-state index is 4.51. The second kappa shape index (κ2) is 6.90. The predicted octanol–water partition coefficient (Wildman–Crippen LogP) is 4.35. The average molecular weight is 285 g/mol. The Bertz CT molecular complexity index is 537. The van der Waals surface area contributed by atoms with Crippen molar-refractivity contribution in [1.82, 2.24) is 15.1 Å². The summed E-state index contributed by atoms with van der Waals surface area (Å²) in [5.41, 5.74) is 2.74. The van der Waals surface area contributed by atoms with Gasteiger partial charge in [0.2, 0.25) is 0 Å². The van der Waals surface area contributed by atoms with Gasteiger partial charge in [-0.15, -0.1) is 0 Å². The van der Waals surface area contributed by atoms with Gasteiger partial charge in [0.15, 0.2) is 0 Å². The molecule has 1 N–H and O–H groups in total. The second-order valence-corrected chi connectivity index (χ2v) is 6.76. The Morgan fingerprint density at radius 1 is 1.19 bits per heavy atom. The first-order valence-corrected chi connectivity index (χ1v) is 7.83. The second-order valence-electron chi connectivity index (χ2n) is 6.76. The highest BCUT2D eigenvalue weighted by molar-refractivity contribution is 5.31. The molecule has 0 aliphatic heterocycles. The van der Waals surface area contributed by atoms with E-state index >= 15 is 0 Å². The first kappa shape index (κ1) is 15.8. The highest BCUT2D eigenvalue weighted by atomic mass is 15.3. The summed E-state index contributed by atoms with van der Waals surface area (Å²) in [4.78, 5) is 0. The van der Waals surface area contributed by atoms with Crippen molar-refractivity contribution in [1.29, 1.82) is 0 Å². The van der Waals surface area contributed by atoms with Crippen LogP contribution < -0.4 is 5.32 Å². The van der Waals surface area contributed by atoms with Gasteiger partial charge in [0.1, 0.15) is 0 Å². The predicted molar refractivity (Wildman–Crippen MR) is 88.7 cm³/mol. The first-order valence-electron chi connectivity index (χ1n) is 7.83. The largest absolute Gasteiger partial charge is 0.310 e. The van der Waals surface area contributed by atoms with E-state index in [0.717, 1.165) is 18.7 Å². The molecule has 0 aliphatic carbocycles. The van der Waals surface area contributed by atoms with Crippen LogP contribution in [0.25, 0.3) is 5.69 Å². The van der Waals surface area contributed by atoms with E-state index in [1.54, 1.807) is 0 Å². The van der Waals surface area contributed by atoms with Crippen LogP contribution in [0, 0.1) is 5.41 Å². The van der Waals surface area contributed by atoms with E-state index in [1.807, 2.05) is 29.1 Å². The number of rotatable bonds is 6. The molecule has 21 heavy (non-hydrogen) atoms. The molecule has 2 aromatic rings. The zero-order valence-electron chi connectivity index (χ0n) is 13.6. The van der Waals surface area contributed by atoms with Crippen LogP contribution in [0.2, 0.25) is 0 Å². The summed E-state index contributed by atoms with van der Waals surface area (Å²) in [5.74, 6) is 0. The SMILES string of the molecule is CCNC(CCC(C)(C)C)c1cnn(-c2ccccc2)c1. The summed E-state index contributed by atoms with van der Waals surface area (Å²) >= 11 is 0. The van der Waals surface area contributed by atoms with E-state index in [4.69, 9.17) is 0 Å². The van der Waals surface area contributed by atoms with Gasteiger partial charge in [0.25, 0.3) is 0 Å². The normalized spacial score (nSPS) is 13.3. The molecule has 1 aromatic heterocycles. The molecule has 114 valence electrons. The van der Waals surface area contributed by atoms with Gasteiger partial charge in [-0.25, -0.2) is 4.68 Å². The standard InChI is InChI=1S/C18H27N3/c1-5-19-17(11-12-18(2,3)4)15-13-20-21(14-15)16-9-7-6-8-10-16/h6-10,13-14,17,19H,5,11-12H2,1-4H3. The lowest BCUT2D eigenvalue weighted by Gasteiger charge is -2.23. The van der Waals surface area contributed by atoms with E-state index in [2.05, 4.69) is 56.4 Å². The highest BCUT2D eigenvalue weighted by Crippen LogP contribution is 2.27. The molecular formula is C18H27N3. The molecule has 0 bridgehead atoms. The van der Waals surface area contributed by atoms with Crippen molar-refractivity contribution < 1.29 is 0 Å². The number of aromatic nitrogens is 2. The number of hydrogen-bond donors (Lipinski definition) is 1. The molecule has 0 fully saturated rings. The minimum atomic E-state index is 0.364. The van der Waals surface area contributed by atoms with Gasteiger partial charge in [-0.1, -0.05) is 45.9 Å². The molecule has 1 unspecified atom stereocenters. The average Bonchev–Trinajstić information content (AvgIpc) is 2.93. The molecule has 2 rings (SSSR count). The molecule has 1 aromatic carbocycles. The number of hydrogen-bond acceptors (Lipinski definition) is 2. The number of para-hydroxylation sites is 1. The lowest BCUT2D eigenvalue weighted by atomic mass is 9.87. The van der Waals surface area contributed by atoms with Crippen molar-refractivity contribution >= 4 is 0 Å². The molecule has 1 heterocycles. The fraction of sp³-hybridized carbons (Fsp3) is 0.500. The summed E-state index contributed by atoms with van der Waals surface area (Å²) in [5, 5.41) is 8.09. The molecular weight excluding hydrogens is 258 g/mol. The first-order chi connectivity index (χ1) is 9.99. The fourth-order valence-electron chi connectivity index (χ4n) is 2.45. The summed E-state index contributed by atoms with van der Waals surface area (Å²) in [7, 11) is 0. The molecule has 1 atom stereocenters. The van der Waals surface area contributed by atoms with Crippen molar-refractivity contribution in [3.63, 3.8) is 0 Å². The van der Waals surface area contributed by atoms with Crippen LogP contribution in [-0.2, 0) is 0 Å². The Labute approximate surface area is 128 Å². The molecule has 3 nitrogen and oxygen atoms in total. The lowest BCUT2D eigenvalue weighted by molar-refractivity contribution is 0.334. The summed E-state index contributed by atoms with van der Waals surface area (Å²) in [6.07, 6.45) is 6.47. The van der Waals surface area contributed by atoms with Crippen molar-refractivity contribution in [2.75, 3.05) is 6.54 Å². The smallest absolute Gasteiger partial charge is 0.0645 e. The van der Waals surface area contributed by atoms with Crippen LogP contribution in [0.5, 0.6) is 0 Å². The van der Waals surface area contributed by atoms with Crippen LogP contribution in [0.1, 0.15) is 52.1 Å². The van der Waals surface area contributed by atoms with E-state index < -0.39 is 0 Å². The van der Waals surface area contributed by atoms with Gasteiger partial charge in [-0.2, -0.15) is 5.10 Å². The molecule has 0 aliphatic rings. The van der Waals surface area contributed by atoms with Gasteiger partial charge in [-0.05, 0) is 36.9 Å². The number of nitrogens with zero attached hydrogens (tertiary/aromatic N) is 2. The molecule has 0 radical (unpaired) electrons. The zero-order valence-corrected chi connectivity index (χ0v) is 13.6. The van der Waals surface area contributed by atoms with Gasteiger partial charge < -0.3 is 5.32 Å². The number of nitrogens with one attached hydrogen (secondary N) is 1. The molecule has 3 heteroatoms. The lowest BCUT2D eigenvalue weighted by Crippen LogP contribution is -2.22. The molecule has 0 saturated heterocycles. The third-order valence-electron chi connectivity index (χ3n) is 3.66.